The minimum Gasteiger partial charge on any atom is -0.507 e. The van der Waals surface area contributed by atoms with Crippen LogP contribution >= 0.6 is 34.8 Å². The van der Waals surface area contributed by atoms with Gasteiger partial charge in [0.2, 0.25) is 23.6 Å². The Balaban J connectivity index is 0.000000149. The summed E-state index contributed by atoms with van der Waals surface area (Å²) in [6, 6.07) is 5.98. The van der Waals surface area contributed by atoms with E-state index in [0.717, 1.165) is 47.1 Å². The fraction of sp³-hybridized carbons (Fsp3) is 0.309. The van der Waals surface area contributed by atoms with Crippen molar-refractivity contribution in [2.45, 2.75) is 142 Å². The molecule has 137 heavy (non-hydrogen) atoms. The van der Waals surface area contributed by atoms with E-state index in [4.69, 9.17) is 34.8 Å². The Morgan fingerprint density at radius 3 is 1.20 bits per heavy atom. The van der Waals surface area contributed by atoms with Crippen molar-refractivity contribution in [2.24, 2.45) is 0 Å². The zero-order valence-electron chi connectivity index (χ0n) is 75.7. The fourth-order valence-corrected chi connectivity index (χ4v) is 21.7. The van der Waals surface area contributed by atoms with E-state index < -0.39 is 182 Å². The Hall–Kier alpha value is -14.3. The molecule has 710 valence electrons. The average Bonchev–Trinajstić information content (AvgIpc) is 1.66. The number of hydrogen-bond donors (Lipinski definition) is 4. The molecule has 3 fully saturated rings. The summed E-state index contributed by atoms with van der Waals surface area (Å²) >= 11 is 20.6. The molecule has 3 aromatic carbocycles. The molecule has 6 atom stereocenters. The van der Waals surface area contributed by atoms with Crippen LogP contribution in [0.5, 0.6) is 17.2 Å². The second kappa shape index (κ2) is 36.1. The van der Waals surface area contributed by atoms with Crippen molar-refractivity contribution in [3.63, 3.8) is 0 Å². The maximum absolute atomic E-state index is 15.4. The van der Waals surface area contributed by atoms with Gasteiger partial charge in [-0.1, -0.05) is 96.1 Å². The van der Waals surface area contributed by atoms with Gasteiger partial charge in [0, 0.05) is 69.9 Å². The molecule has 5 amide bonds. The van der Waals surface area contributed by atoms with Crippen molar-refractivity contribution in [1.29, 1.82) is 0 Å². The number of rotatable bonds is 12. The first-order valence-corrected chi connectivity index (χ1v) is 45.9. The van der Waals surface area contributed by atoms with Crippen molar-refractivity contribution < 1.29 is 74.1 Å². The third-order valence-corrected chi connectivity index (χ3v) is 28.3. The number of amides is 5. The van der Waals surface area contributed by atoms with Crippen molar-refractivity contribution >= 4 is 136 Å². The third-order valence-electron chi connectivity index (χ3n) is 25.2. The van der Waals surface area contributed by atoms with Crippen LogP contribution < -0.4 is 42.0 Å². The number of aryl methyl sites for hydroxylation is 3. The monoisotopic (exact) mass is 1950 g/mol. The summed E-state index contributed by atoms with van der Waals surface area (Å²) in [4.78, 5) is 159. The molecule has 6 aliphatic rings. The van der Waals surface area contributed by atoms with Crippen LogP contribution in [0.15, 0.2) is 130 Å². The number of aromatic hydroxyl groups is 3. The molecule has 4 N–H and O–H groups in total. The Morgan fingerprint density at radius 2 is 0.803 bits per heavy atom. The predicted molar refractivity (Wildman–Crippen MR) is 503 cm³/mol. The SMILES string of the molecule is C=CC(=O)N1CC2C(=O)N(C)c3c(Cl)c(-c4c(O)ccc(F)c4F)nc4c3c(nc(=O)n4-c3c(C)ccnc3C(C)C)N2CC1C.C=CC(=O)N1CC2C(=O)Nc3c(Cl)c(-c4c(O)ccc(F)c4F)nc4c3c(nc(=O)n4-c3c(C)ccnc3C(C)C)N2CC1C.C=CC(=O)N1CC2CS(=O)(=O)c3c(Cl)c(-c4c(O)ccc(F)c4F)nc4c3c(nc(=O)n4-c3c(C)ccnc3C(C)C)N2CC1C. The zero-order valence-corrected chi connectivity index (χ0v) is 78.7. The maximum atomic E-state index is 15.4. The lowest BCUT2D eigenvalue weighted by Gasteiger charge is -2.44. The third kappa shape index (κ3) is 15.9. The van der Waals surface area contributed by atoms with Crippen molar-refractivity contribution in [3.05, 3.63) is 226 Å². The van der Waals surface area contributed by atoms with E-state index in [9.17, 15) is 75.3 Å². The lowest BCUT2D eigenvalue weighted by molar-refractivity contribution is -0.131. The van der Waals surface area contributed by atoms with Crippen LogP contribution in [0.2, 0.25) is 15.1 Å². The number of aromatic nitrogens is 12. The number of halogens is 9. The minimum absolute atomic E-state index is 0.0160. The van der Waals surface area contributed by atoms with Gasteiger partial charge in [0.1, 0.15) is 63.1 Å². The van der Waals surface area contributed by atoms with Gasteiger partial charge in [-0.3, -0.25) is 38.9 Å². The van der Waals surface area contributed by atoms with Gasteiger partial charge in [-0.25, -0.2) is 77.8 Å². The summed E-state index contributed by atoms with van der Waals surface area (Å²) in [5.41, 5.74) is -1.88. The highest BCUT2D eigenvalue weighted by Crippen LogP contribution is 2.53. The number of hydrogen-bond acceptors (Lipinski definition) is 25. The average molecular weight is 1960 g/mol. The first-order valence-electron chi connectivity index (χ1n) is 43.1. The molecule has 0 spiro atoms. The van der Waals surface area contributed by atoms with Crippen LogP contribution in [-0.2, 0) is 33.8 Å². The molecule has 0 bridgehead atoms. The van der Waals surface area contributed by atoms with Gasteiger partial charge in [-0.2, -0.15) is 15.0 Å². The molecular formula is C94H87Cl3F6N20O13S. The molecule has 3 saturated heterocycles. The van der Waals surface area contributed by atoms with Crippen LogP contribution in [0.4, 0.5) is 55.2 Å². The van der Waals surface area contributed by atoms with Crippen LogP contribution in [-0.4, -0.2) is 215 Å². The van der Waals surface area contributed by atoms with Crippen LogP contribution in [0.3, 0.4) is 0 Å². The fourth-order valence-electron chi connectivity index (χ4n) is 18.6. The predicted octanol–water partition coefficient (Wildman–Crippen LogP) is 13.2. The number of likely N-dealkylation sites (N-methyl/N-ethyl adjacent to an activating group) is 1. The number of benzene rings is 3. The number of carbonyl (C=O) groups excluding carboxylic acids is 5. The summed E-state index contributed by atoms with van der Waals surface area (Å²) < 4.78 is 122. The van der Waals surface area contributed by atoms with Gasteiger partial charge in [-0.05, 0) is 149 Å². The number of phenolic OH excluding ortho intramolecular Hbond substituents is 3. The first-order chi connectivity index (χ1) is 64.8. The highest BCUT2D eigenvalue weighted by atomic mass is 35.5. The number of anilines is 5. The molecule has 6 aliphatic heterocycles. The molecule has 43 heteroatoms. The second-order valence-corrected chi connectivity index (χ2v) is 38.0. The molecule has 33 nitrogen and oxygen atoms in total. The van der Waals surface area contributed by atoms with E-state index in [2.05, 4.69) is 69.9 Å². The number of nitrogens with zero attached hydrogens (tertiary/aromatic N) is 19. The molecule has 18 rings (SSSR count). The lowest BCUT2D eigenvalue weighted by Crippen LogP contribution is -2.63. The number of nitrogens with one attached hydrogen (secondary N) is 1. The second-order valence-electron chi connectivity index (χ2n) is 34.9. The summed E-state index contributed by atoms with van der Waals surface area (Å²) in [6.07, 6.45) is 8.25. The van der Waals surface area contributed by atoms with E-state index in [1.54, 1.807) is 93.0 Å². The standard InChI is InChI=1S/C32H30ClF2N7O4.C31H28ClF2N7O4.C31H29ClF2N6O5S/c1-7-20(44)40-13-18-31(45)39(6)28-22-29(41(18)12-16(40)5)38-32(46)42(27-15(4)10-11-36-25(27)14(2)3)30(22)37-26(23(28)33)21-19(43)9-8-17(34)24(21)35;1-6-19(43)39-12-17-30(44)37-26-21-28(40(17)11-15(39)5)38-31(45)41(27-14(4)9-10-35-24(27)13(2)3)29(21)36-25(22(26)32)20-18(42)8-7-16(33)23(20)34;1-6-20(42)38-12-17-13-46(44,45)28-22-29(39(17)11-16(38)5)37-31(43)40(27-15(4)9-10-35-25(27)14(2)3)30(22)36-26(23(28)32)21-19(41)8-7-18(33)24(21)34/h7-11,14,16,18,43H,1,12-13H2,2-6H3;6-10,13,15,17,42H,1,11-12H2,2-5H3,(H,37,44);6-10,14,16-17,41H,1,11-13H2,2-5H3. The van der Waals surface area contributed by atoms with Crippen molar-refractivity contribution in [3.8, 4) is 68.1 Å². The van der Waals surface area contributed by atoms with E-state index in [-0.39, 0.29) is 146 Å². The molecule has 15 heterocycles. The smallest absolute Gasteiger partial charge is 0.355 e. The van der Waals surface area contributed by atoms with Crippen molar-refractivity contribution in [2.75, 3.05) is 77.0 Å². The van der Waals surface area contributed by atoms with Crippen LogP contribution in [0.1, 0.15) is 114 Å². The maximum Gasteiger partial charge on any atom is 0.355 e. The number of sulfone groups is 1. The molecular weight excluding hydrogens is 1870 g/mol. The Morgan fingerprint density at radius 1 is 0.460 bits per heavy atom. The molecule has 12 aromatic rings. The number of piperazine rings is 3. The minimum atomic E-state index is -4.42. The molecule has 6 unspecified atom stereocenters. The molecule has 0 radical (unpaired) electrons. The Bertz CT molecular complexity index is 7620. The Labute approximate surface area is 792 Å². The number of fused-ring (bicyclic) bond motifs is 6. The molecule has 0 saturated carbocycles. The highest BCUT2D eigenvalue weighted by molar-refractivity contribution is 7.91. The summed E-state index contributed by atoms with van der Waals surface area (Å²) in [5.74, 6) is -13.5. The van der Waals surface area contributed by atoms with Crippen LogP contribution in [0.25, 0.3) is 83.9 Å². The van der Waals surface area contributed by atoms with Crippen LogP contribution in [0, 0.1) is 55.7 Å². The summed E-state index contributed by atoms with van der Waals surface area (Å²) in [6.45, 7) is 32.8. The largest absolute Gasteiger partial charge is 0.507 e. The first kappa shape index (κ1) is 95.9. The van der Waals surface area contributed by atoms with Gasteiger partial charge < -0.3 is 54.9 Å². The van der Waals surface area contributed by atoms with Crippen molar-refractivity contribution in [1.82, 2.24) is 73.3 Å². The van der Waals surface area contributed by atoms with Gasteiger partial charge in [0.15, 0.2) is 61.7 Å². The molecule has 0 aliphatic carbocycles. The summed E-state index contributed by atoms with van der Waals surface area (Å²) in [5, 5.41) is 33.9. The zero-order chi connectivity index (χ0) is 99.2. The normalized spacial score (nSPS) is 18.2. The quantitative estimate of drug-likeness (QED) is 0.0652. The number of carbonyl (C=O) groups is 5. The summed E-state index contributed by atoms with van der Waals surface area (Å²) in [7, 11) is -2.97. The van der Waals surface area contributed by atoms with E-state index in [0.29, 0.717) is 51.2 Å². The van der Waals surface area contributed by atoms with E-state index in [1.165, 1.54) is 41.9 Å². The van der Waals surface area contributed by atoms with Gasteiger partial charge in [0.25, 0.3) is 5.91 Å². The molecule has 9 aromatic heterocycles. The lowest BCUT2D eigenvalue weighted by atomic mass is 10.0. The van der Waals surface area contributed by atoms with E-state index in [1.807, 2.05) is 41.5 Å². The topological polar surface area (TPSA) is 397 Å². The number of pyridine rings is 6. The Kier molecular flexibility index (Phi) is 25.3. The van der Waals surface area contributed by atoms with Gasteiger partial charge in [-0.15, -0.1) is 0 Å². The highest BCUT2D eigenvalue weighted by Gasteiger charge is 2.49. The van der Waals surface area contributed by atoms with Gasteiger partial charge in [0.05, 0.1) is 124 Å². The number of phenols is 3. The van der Waals surface area contributed by atoms with E-state index >= 15 is 13.2 Å². The van der Waals surface area contributed by atoms with Gasteiger partial charge >= 0.3 is 17.1 Å².